The fourth-order valence-electron chi connectivity index (χ4n) is 1.21. The van der Waals surface area contributed by atoms with Crippen molar-refractivity contribution in [1.29, 1.82) is 0 Å². The number of nitro groups is 1. The van der Waals surface area contributed by atoms with Crippen molar-refractivity contribution in [3.63, 3.8) is 0 Å². The van der Waals surface area contributed by atoms with E-state index in [1.165, 1.54) is 6.92 Å². The van der Waals surface area contributed by atoms with E-state index in [9.17, 15) is 23.7 Å². The molecule has 2 N–H and O–H groups in total. The van der Waals surface area contributed by atoms with Gasteiger partial charge in [0.1, 0.15) is 11.9 Å². The van der Waals surface area contributed by atoms with Crippen LogP contribution in [0.5, 0.6) is 0 Å². The van der Waals surface area contributed by atoms with Gasteiger partial charge in [0, 0.05) is 24.2 Å². The molecule has 1 aromatic carbocycles. The second-order valence-corrected chi connectivity index (χ2v) is 3.59. The number of hydrogen-bond acceptors (Lipinski definition) is 4. The average molecular weight is 260 g/mol. The molecule has 1 unspecified atom stereocenters. The maximum absolute atomic E-state index is 13.3. The zero-order valence-corrected chi connectivity index (χ0v) is 9.31. The predicted octanol–water partition coefficient (Wildman–Crippen LogP) is 1.44. The Morgan fingerprint density at radius 1 is 1.50 bits per heavy atom. The first-order valence-electron chi connectivity index (χ1n) is 4.91. The highest BCUT2D eigenvalue weighted by atomic mass is 19.1. The summed E-state index contributed by atoms with van der Waals surface area (Å²) in [6, 6.07) is 0.195. The monoisotopic (exact) mass is 260 g/mol. The van der Waals surface area contributed by atoms with E-state index in [1.54, 1.807) is 0 Å². The molecular weight excluding hydrogens is 250 g/mol. The Morgan fingerprint density at radius 3 is 2.61 bits per heavy atom. The molecule has 0 saturated heterocycles. The highest BCUT2D eigenvalue weighted by Crippen LogP contribution is 2.21. The molecule has 98 valence electrons. The zero-order valence-electron chi connectivity index (χ0n) is 9.31. The first kappa shape index (κ1) is 14.0. The van der Waals surface area contributed by atoms with E-state index in [2.05, 4.69) is 5.32 Å². The van der Waals surface area contributed by atoms with Crippen LogP contribution in [0.4, 0.5) is 14.5 Å². The van der Waals surface area contributed by atoms with Crippen LogP contribution in [-0.4, -0.2) is 22.0 Å². The van der Waals surface area contributed by atoms with Crippen molar-refractivity contribution in [2.75, 3.05) is 0 Å². The lowest BCUT2D eigenvalue weighted by Gasteiger charge is -2.09. The summed E-state index contributed by atoms with van der Waals surface area (Å²) in [7, 11) is 0. The van der Waals surface area contributed by atoms with Crippen LogP contribution in [0.25, 0.3) is 0 Å². The van der Waals surface area contributed by atoms with Crippen molar-refractivity contribution >= 4 is 11.7 Å². The summed E-state index contributed by atoms with van der Waals surface area (Å²) in [4.78, 5) is 20.0. The number of nitrogens with one attached hydrogen (secondary N) is 1. The number of nitrogens with zero attached hydrogens (tertiary/aromatic N) is 1. The molecule has 1 rings (SSSR count). The molecule has 0 amide bonds. The fraction of sp³-hybridized carbons (Fsp3) is 0.300. The van der Waals surface area contributed by atoms with Gasteiger partial charge in [0.2, 0.25) is 5.82 Å². The molecule has 1 atom stereocenters. The van der Waals surface area contributed by atoms with Gasteiger partial charge < -0.3 is 10.4 Å². The highest BCUT2D eigenvalue weighted by molar-refractivity contribution is 5.72. The number of aliphatic carboxylic acids is 1. The molecule has 0 aliphatic heterocycles. The Labute approximate surface area is 100 Å². The minimum atomic E-state index is -1.27. The van der Waals surface area contributed by atoms with Gasteiger partial charge in [-0.3, -0.25) is 14.9 Å². The first-order valence-corrected chi connectivity index (χ1v) is 4.91. The third-order valence-electron chi connectivity index (χ3n) is 2.28. The van der Waals surface area contributed by atoms with E-state index in [4.69, 9.17) is 5.11 Å². The summed E-state index contributed by atoms with van der Waals surface area (Å²) in [6.45, 7) is 1.08. The minimum Gasteiger partial charge on any atom is -0.480 e. The Bertz CT molecular complexity index is 493. The summed E-state index contributed by atoms with van der Waals surface area (Å²) in [5.74, 6) is -3.39. The third kappa shape index (κ3) is 3.20. The van der Waals surface area contributed by atoms with Gasteiger partial charge in [0.05, 0.1) is 4.92 Å². The van der Waals surface area contributed by atoms with Gasteiger partial charge in [-0.15, -0.1) is 0 Å². The molecule has 0 saturated carbocycles. The quantitative estimate of drug-likeness (QED) is 0.617. The van der Waals surface area contributed by atoms with E-state index in [-0.39, 0.29) is 12.1 Å². The van der Waals surface area contributed by atoms with E-state index >= 15 is 0 Å². The molecule has 0 heterocycles. The Morgan fingerprint density at radius 2 is 2.11 bits per heavy atom. The standard InChI is InChI=1S/C10H10F2N2O4/c1-5(10(15)16)13-4-6-2-9(14(17)18)8(12)3-7(6)11/h2-3,5,13H,4H2,1H3,(H,15,16). The SMILES string of the molecule is CC(NCc1cc([N+](=O)[O-])c(F)cc1F)C(=O)O. The number of halogens is 2. The van der Waals surface area contributed by atoms with Crippen LogP contribution in [0.3, 0.4) is 0 Å². The largest absolute Gasteiger partial charge is 0.480 e. The van der Waals surface area contributed by atoms with Gasteiger partial charge in [0.25, 0.3) is 0 Å². The second-order valence-electron chi connectivity index (χ2n) is 3.59. The van der Waals surface area contributed by atoms with Crippen LogP contribution < -0.4 is 5.32 Å². The molecule has 0 aromatic heterocycles. The van der Waals surface area contributed by atoms with Crippen LogP contribution >= 0.6 is 0 Å². The number of hydrogen-bond donors (Lipinski definition) is 2. The summed E-state index contributed by atoms with van der Waals surface area (Å²) in [5, 5.41) is 21.5. The first-order chi connectivity index (χ1) is 8.32. The highest BCUT2D eigenvalue weighted by Gasteiger charge is 2.19. The molecular formula is C10H10F2N2O4. The van der Waals surface area contributed by atoms with Crippen molar-refractivity contribution in [2.45, 2.75) is 19.5 Å². The van der Waals surface area contributed by atoms with E-state index in [0.29, 0.717) is 6.07 Å². The third-order valence-corrected chi connectivity index (χ3v) is 2.28. The lowest BCUT2D eigenvalue weighted by Crippen LogP contribution is -2.33. The fourth-order valence-corrected chi connectivity index (χ4v) is 1.21. The number of carbonyl (C=O) groups is 1. The van der Waals surface area contributed by atoms with Gasteiger partial charge in [-0.05, 0) is 6.92 Å². The van der Waals surface area contributed by atoms with Crippen LogP contribution in [0, 0.1) is 21.7 Å². The van der Waals surface area contributed by atoms with Crippen molar-refractivity contribution < 1.29 is 23.6 Å². The smallest absolute Gasteiger partial charge is 0.320 e. The second kappa shape index (κ2) is 5.50. The lowest BCUT2D eigenvalue weighted by atomic mass is 10.1. The van der Waals surface area contributed by atoms with Crippen molar-refractivity contribution in [3.8, 4) is 0 Å². The van der Waals surface area contributed by atoms with Gasteiger partial charge in [-0.25, -0.2) is 4.39 Å². The van der Waals surface area contributed by atoms with Crippen LogP contribution in [0.2, 0.25) is 0 Å². The Kier molecular flexibility index (Phi) is 4.27. The number of carboxylic acid groups (broad SMARTS) is 1. The van der Waals surface area contributed by atoms with Crippen molar-refractivity contribution in [1.82, 2.24) is 5.32 Å². The van der Waals surface area contributed by atoms with Crippen LogP contribution in [0.1, 0.15) is 12.5 Å². The van der Waals surface area contributed by atoms with Gasteiger partial charge in [-0.1, -0.05) is 0 Å². The summed E-state index contributed by atoms with van der Waals surface area (Å²) in [6.07, 6.45) is 0. The topological polar surface area (TPSA) is 92.5 Å². The number of nitro benzene ring substituents is 1. The maximum atomic E-state index is 13.3. The Hall–Kier alpha value is -2.09. The molecule has 0 bridgehead atoms. The molecule has 0 aliphatic carbocycles. The number of benzene rings is 1. The van der Waals surface area contributed by atoms with Crippen LogP contribution in [-0.2, 0) is 11.3 Å². The summed E-state index contributed by atoms with van der Waals surface area (Å²) < 4.78 is 26.3. The van der Waals surface area contributed by atoms with E-state index in [0.717, 1.165) is 6.07 Å². The van der Waals surface area contributed by atoms with Gasteiger partial charge in [0.15, 0.2) is 0 Å². The molecule has 18 heavy (non-hydrogen) atoms. The van der Waals surface area contributed by atoms with Crippen LogP contribution in [0.15, 0.2) is 12.1 Å². The van der Waals surface area contributed by atoms with Crippen molar-refractivity contribution in [2.24, 2.45) is 0 Å². The molecule has 0 aliphatic rings. The number of rotatable bonds is 5. The van der Waals surface area contributed by atoms with Gasteiger partial charge >= 0.3 is 11.7 Å². The Balaban J connectivity index is 2.92. The normalized spacial score (nSPS) is 12.2. The van der Waals surface area contributed by atoms with E-state index in [1.807, 2.05) is 0 Å². The lowest BCUT2D eigenvalue weighted by molar-refractivity contribution is -0.387. The zero-order chi connectivity index (χ0) is 13.9. The van der Waals surface area contributed by atoms with Crippen molar-refractivity contribution in [3.05, 3.63) is 39.4 Å². The van der Waals surface area contributed by atoms with E-state index < -0.39 is 34.3 Å². The minimum absolute atomic E-state index is 0.170. The molecule has 0 radical (unpaired) electrons. The maximum Gasteiger partial charge on any atom is 0.320 e. The summed E-state index contributed by atoms with van der Waals surface area (Å²) >= 11 is 0. The van der Waals surface area contributed by atoms with Gasteiger partial charge in [-0.2, -0.15) is 4.39 Å². The predicted molar refractivity (Wildman–Crippen MR) is 56.9 cm³/mol. The molecule has 6 nitrogen and oxygen atoms in total. The average Bonchev–Trinajstić information content (AvgIpc) is 2.26. The molecule has 8 heteroatoms. The molecule has 0 spiro atoms. The molecule has 0 fully saturated rings. The summed E-state index contributed by atoms with van der Waals surface area (Å²) in [5.41, 5.74) is -1.02. The molecule has 1 aromatic rings. The number of carboxylic acids is 1.